The first-order valence-electron chi connectivity index (χ1n) is 10.8. The number of methoxy groups -OCH3 is 1. The van der Waals surface area contributed by atoms with Gasteiger partial charge >= 0.3 is 5.97 Å². The van der Waals surface area contributed by atoms with Gasteiger partial charge in [0.2, 0.25) is 5.91 Å². The third kappa shape index (κ3) is 5.40. The molecule has 1 aliphatic carbocycles. The molecule has 0 aliphatic heterocycles. The van der Waals surface area contributed by atoms with Gasteiger partial charge in [-0.1, -0.05) is 60.7 Å². The molecular weight excluding hydrogens is 386 g/mol. The van der Waals surface area contributed by atoms with E-state index in [9.17, 15) is 9.59 Å². The SMILES string of the molecule is COC(=O)c1ccccc1NC(=O)CCCC1CC1/C=C/c1ccc2ccccc2c1. The molecule has 1 aliphatic rings. The van der Waals surface area contributed by atoms with Crippen LogP contribution in [-0.2, 0) is 9.53 Å². The number of carbonyl (C=O) groups excluding carboxylic acids is 2. The second kappa shape index (κ2) is 9.61. The lowest BCUT2D eigenvalue weighted by atomic mass is 10.1. The van der Waals surface area contributed by atoms with Crippen LogP contribution in [0, 0.1) is 11.8 Å². The summed E-state index contributed by atoms with van der Waals surface area (Å²) in [6, 6.07) is 21.9. The first kappa shape index (κ1) is 20.9. The van der Waals surface area contributed by atoms with Gasteiger partial charge in [0.25, 0.3) is 0 Å². The van der Waals surface area contributed by atoms with Crippen molar-refractivity contribution in [2.24, 2.45) is 11.8 Å². The normalized spacial score (nSPS) is 17.6. The summed E-state index contributed by atoms with van der Waals surface area (Å²) in [5.74, 6) is 0.747. The fourth-order valence-corrected chi connectivity index (χ4v) is 4.00. The van der Waals surface area contributed by atoms with E-state index in [1.165, 1.54) is 29.9 Å². The molecule has 3 aromatic carbocycles. The van der Waals surface area contributed by atoms with E-state index in [2.05, 4.69) is 59.9 Å². The highest BCUT2D eigenvalue weighted by atomic mass is 16.5. The second-order valence-electron chi connectivity index (χ2n) is 8.10. The van der Waals surface area contributed by atoms with Crippen molar-refractivity contribution in [1.29, 1.82) is 0 Å². The summed E-state index contributed by atoms with van der Waals surface area (Å²) < 4.78 is 4.77. The molecule has 158 valence electrons. The Morgan fingerprint density at radius 1 is 1.03 bits per heavy atom. The molecule has 0 saturated heterocycles. The van der Waals surface area contributed by atoms with E-state index in [0.717, 1.165) is 12.8 Å². The van der Waals surface area contributed by atoms with Crippen LogP contribution in [0.4, 0.5) is 5.69 Å². The smallest absolute Gasteiger partial charge is 0.339 e. The number of fused-ring (bicyclic) bond motifs is 1. The van der Waals surface area contributed by atoms with Gasteiger partial charge < -0.3 is 10.1 Å². The van der Waals surface area contributed by atoms with Crippen molar-refractivity contribution in [3.63, 3.8) is 0 Å². The molecule has 0 aromatic heterocycles. The molecule has 31 heavy (non-hydrogen) atoms. The maximum atomic E-state index is 12.3. The number of ether oxygens (including phenoxy) is 1. The monoisotopic (exact) mass is 413 g/mol. The first-order chi connectivity index (χ1) is 15.1. The molecule has 1 N–H and O–H groups in total. The number of allylic oxidation sites excluding steroid dienone is 1. The fraction of sp³-hybridized carbons (Fsp3) is 0.259. The Labute approximate surface area is 182 Å². The summed E-state index contributed by atoms with van der Waals surface area (Å²) in [4.78, 5) is 24.1. The van der Waals surface area contributed by atoms with E-state index in [-0.39, 0.29) is 5.91 Å². The number of hydrogen-bond donors (Lipinski definition) is 1. The summed E-state index contributed by atoms with van der Waals surface area (Å²) >= 11 is 0. The molecule has 4 nitrogen and oxygen atoms in total. The second-order valence-corrected chi connectivity index (χ2v) is 8.10. The van der Waals surface area contributed by atoms with Gasteiger partial charge in [-0.15, -0.1) is 0 Å². The van der Waals surface area contributed by atoms with E-state index in [1.807, 2.05) is 0 Å². The minimum Gasteiger partial charge on any atom is -0.465 e. The van der Waals surface area contributed by atoms with Crippen molar-refractivity contribution >= 4 is 34.4 Å². The van der Waals surface area contributed by atoms with Crippen LogP contribution in [0.15, 0.2) is 72.8 Å². The van der Waals surface area contributed by atoms with E-state index >= 15 is 0 Å². The van der Waals surface area contributed by atoms with E-state index in [0.29, 0.717) is 29.5 Å². The van der Waals surface area contributed by atoms with Crippen LogP contribution in [0.3, 0.4) is 0 Å². The number of amides is 1. The van der Waals surface area contributed by atoms with E-state index in [4.69, 9.17) is 4.74 Å². The predicted molar refractivity (Wildman–Crippen MR) is 125 cm³/mol. The highest BCUT2D eigenvalue weighted by molar-refractivity contribution is 6.01. The van der Waals surface area contributed by atoms with Crippen molar-refractivity contribution in [2.75, 3.05) is 12.4 Å². The quantitative estimate of drug-likeness (QED) is 0.455. The summed E-state index contributed by atoms with van der Waals surface area (Å²) in [5, 5.41) is 5.36. The topological polar surface area (TPSA) is 55.4 Å². The first-order valence-corrected chi connectivity index (χ1v) is 10.8. The number of benzene rings is 3. The van der Waals surface area contributed by atoms with Crippen LogP contribution >= 0.6 is 0 Å². The van der Waals surface area contributed by atoms with Crippen molar-refractivity contribution in [1.82, 2.24) is 0 Å². The Hall–Kier alpha value is -3.40. The highest BCUT2D eigenvalue weighted by Gasteiger charge is 2.33. The molecule has 1 amide bonds. The molecule has 0 bridgehead atoms. The van der Waals surface area contributed by atoms with Crippen molar-refractivity contribution in [3.8, 4) is 0 Å². The zero-order chi connectivity index (χ0) is 21.6. The lowest BCUT2D eigenvalue weighted by Crippen LogP contribution is -2.15. The predicted octanol–water partition coefficient (Wildman–Crippen LogP) is 6.08. The van der Waals surface area contributed by atoms with Gasteiger partial charge in [-0.05, 0) is 65.6 Å². The maximum Gasteiger partial charge on any atom is 0.339 e. The molecule has 1 fully saturated rings. The summed E-state index contributed by atoms with van der Waals surface area (Å²) in [7, 11) is 1.33. The lowest BCUT2D eigenvalue weighted by Gasteiger charge is -2.09. The average Bonchev–Trinajstić information content (AvgIpc) is 3.55. The molecule has 2 unspecified atom stereocenters. The van der Waals surface area contributed by atoms with Crippen LogP contribution in [0.25, 0.3) is 16.8 Å². The van der Waals surface area contributed by atoms with Gasteiger partial charge in [-0.3, -0.25) is 4.79 Å². The molecule has 0 radical (unpaired) electrons. The number of carbonyl (C=O) groups is 2. The minimum atomic E-state index is -0.449. The van der Waals surface area contributed by atoms with E-state index in [1.54, 1.807) is 24.3 Å². The van der Waals surface area contributed by atoms with Crippen LogP contribution in [0.5, 0.6) is 0 Å². The third-order valence-corrected chi connectivity index (χ3v) is 5.87. The molecule has 0 spiro atoms. The number of para-hydroxylation sites is 1. The largest absolute Gasteiger partial charge is 0.465 e. The molecule has 4 heteroatoms. The molecular formula is C27H27NO3. The molecule has 1 saturated carbocycles. The van der Waals surface area contributed by atoms with Gasteiger partial charge in [0, 0.05) is 6.42 Å². The van der Waals surface area contributed by atoms with Crippen LogP contribution in [0.2, 0.25) is 0 Å². The zero-order valence-electron chi connectivity index (χ0n) is 17.7. The minimum absolute atomic E-state index is 0.0692. The average molecular weight is 414 g/mol. The molecule has 4 rings (SSSR count). The van der Waals surface area contributed by atoms with Crippen molar-refractivity contribution in [3.05, 3.63) is 83.9 Å². The Kier molecular flexibility index (Phi) is 6.46. The van der Waals surface area contributed by atoms with Gasteiger partial charge in [-0.25, -0.2) is 4.79 Å². The number of nitrogens with one attached hydrogen (secondary N) is 1. The lowest BCUT2D eigenvalue weighted by molar-refractivity contribution is -0.116. The van der Waals surface area contributed by atoms with Gasteiger partial charge in [0.05, 0.1) is 18.4 Å². The standard InChI is InChI=1S/C27H27NO3/c1-31-27(30)24-10-4-5-11-25(24)28-26(29)12-6-9-22-18-23(22)16-14-19-13-15-20-7-2-3-8-21(20)17-19/h2-5,7-8,10-11,13-17,22-23H,6,9,12,18H2,1H3,(H,28,29)/b16-14+. The van der Waals surface area contributed by atoms with Crippen LogP contribution < -0.4 is 5.32 Å². The van der Waals surface area contributed by atoms with Crippen LogP contribution in [0.1, 0.15) is 41.6 Å². The number of esters is 1. The van der Waals surface area contributed by atoms with Gasteiger partial charge in [-0.2, -0.15) is 0 Å². The summed E-state index contributed by atoms with van der Waals surface area (Å²) in [6.45, 7) is 0. The number of hydrogen-bond acceptors (Lipinski definition) is 3. The fourth-order valence-electron chi connectivity index (χ4n) is 4.00. The third-order valence-electron chi connectivity index (χ3n) is 5.87. The Bertz CT molecular complexity index is 1120. The Morgan fingerprint density at radius 3 is 2.65 bits per heavy atom. The number of rotatable bonds is 8. The Balaban J connectivity index is 1.22. The summed E-state index contributed by atoms with van der Waals surface area (Å²) in [6.07, 6.45) is 8.05. The highest BCUT2D eigenvalue weighted by Crippen LogP contribution is 2.43. The number of anilines is 1. The zero-order valence-corrected chi connectivity index (χ0v) is 17.7. The van der Waals surface area contributed by atoms with Crippen molar-refractivity contribution < 1.29 is 14.3 Å². The van der Waals surface area contributed by atoms with Gasteiger partial charge in [0.1, 0.15) is 0 Å². The van der Waals surface area contributed by atoms with Crippen molar-refractivity contribution in [2.45, 2.75) is 25.7 Å². The molecule has 0 heterocycles. The summed E-state index contributed by atoms with van der Waals surface area (Å²) in [5.41, 5.74) is 2.11. The maximum absolute atomic E-state index is 12.3. The van der Waals surface area contributed by atoms with Crippen LogP contribution in [-0.4, -0.2) is 19.0 Å². The van der Waals surface area contributed by atoms with E-state index < -0.39 is 5.97 Å². The Morgan fingerprint density at radius 2 is 1.81 bits per heavy atom. The molecule has 2 atom stereocenters. The molecule has 3 aromatic rings. The van der Waals surface area contributed by atoms with Gasteiger partial charge in [0.15, 0.2) is 0 Å².